The lowest BCUT2D eigenvalue weighted by molar-refractivity contribution is -0.140. The number of morpholine rings is 1. The van der Waals surface area contributed by atoms with Crippen molar-refractivity contribution in [3.63, 3.8) is 0 Å². The fraction of sp³-hybridized carbons (Fsp3) is 0.360. The van der Waals surface area contributed by atoms with Gasteiger partial charge in [-0.2, -0.15) is 0 Å². The quantitative estimate of drug-likeness (QED) is 0.394. The zero-order valence-corrected chi connectivity index (χ0v) is 18.5. The number of rotatable bonds is 7. The van der Waals surface area contributed by atoms with E-state index in [0.717, 1.165) is 19.6 Å². The van der Waals surface area contributed by atoms with Crippen LogP contribution in [-0.2, 0) is 14.3 Å². The van der Waals surface area contributed by atoms with Gasteiger partial charge in [0.1, 0.15) is 17.3 Å². The monoisotopic (exact) mass is 454 g/mol. The number of hydrogen-bond donors (Lipinski definition) is 1. The van der Waals surface area contributed by atoms with Crippen LogP contribution in [0, 0.1) is 5.82 Å². The molecule has 33 heavy (non-hydrogen) atoms. The van der Waals surface area contributed by atoms with Crippen molar-refractivity contribution < 1.29 is 28.6 Å². The summed E-state index contributed by atoms with van der Waals surface area (Å²) >= 11 is 0. The first kappa shape index (κ1) is 22.9. The predicted octanol–water partition coefficient (Wildman–Crippen LogP) is 2.98. The van der Waals surface area contributed by atoms with E-state index in [4.69, 9.17) is 9.47 Å². The Morgan fingerprint density at radius 1 is 1.12 bits per heavy atom. The molecule has 2 heterocycles. The van der Waals surface area contributed by atoms with Crippen LogP contribution in [0.1, 0.15) is 23.6 Å². The Morgan fingerprint density at radius 3 is 2.61 bits per heavy atom. The summed E-state index contributed by atoms with van der Waals surface area (Å²) in [6.07, 6.45) is 0.637. The number of aliphatic hydroxyl groups excluding tert-OH is 1. The summed E-state index contributed by atoms with van der Waals surface area (Å²) in [5.74, 6) is -1.77. The molecule has 174 valence electrons. The maximum Gasteiger partial charge on any atom is 0.295 e. The Labute approximate surface area is 192 Å². The molecule has 2 aromatic carbocycles. The second kappa shape index (κ2) is 10.1. The molecule has 0 radical (unpaired) electrons. The third kappa shape index (κ3) is 4.91. The number of methoxy groups -OCH3 is 1. The van der Waals surface area contributed by atoms with Crippen molar-refractivity contribution in [1.82, 2.24) is 9.80 Å². The van der Waals surface area contributed by atoms with E-state index >= 15 is 0 Å². The fourth-order valence-electron chi connectivity index (χ4n) is 4.35. The number of halogens is 1. The van der Waals surface area contributed by atoms with E-state index in [-0.39, 0.29) is 11.3 Å². The van der Waals surface area contributed by atoms with Crippen LogP contribution in [0.3, 0.4) is 0 Å². The van der Waals surface area contributed by atoms with E-state index < -0.39 is 23.5 Å². The van der Waals surface area contributed by atoms with Gasteiger partial charge in [-0.15, -0.1) is 0 Å². The van der Waals surface area contributed by atoms with Crippen molar-refractivity contribution in [3.8, 4) is 5.75 Å². The number of aliphatic hydroxyl groups is 1. The highest BCUT2D eigenvalue weighted by Crippen LogP contribution is 2.40. The number of amides is 1. The minimum absolute atomic E-state index is 0.0507. The van der Waals surface area contributed by atoms with E-state index in [9.17, 15) is 19.1 Å². The van der Waals surface area contributed by atoms with E-state index in [1.165, 1.54) is 30.2 Å². The second-order valence-electron chi connectivity index (χ2n) is 8.09. The summed E-state index contributed by atoms with van der Waals surface area (Å²) in [6.45, 7) is 4.04. The van der Waals surface area contributed by atoms with Gasteiger partial charge < -0.3 is 19.5 Å². The van der Waals surface area contributed by atoms with E-state index in [1.807, 2.05) is 0 Å². The zero-order chi connectivity index (χ0) is 23.4. The molecule has 4 rings (SSSR count). The minimum Gasteiger partial charge on any atom is -0.507 e. The third-order valence-corrected chi connectivity index (χ3v) is 6.02. The van der Waals surface area contributed by atoms with Gasteiger partial charge in [-0.3, -0.25) is 14.5 Å². The van der Waals surface area contributed by atoms with E-state index in [1.54, 1.807) is 30.3 Å². The topological polar surface area (TPSA) is 79.3 Å². The molecule has 0 aromatic heterocycles. The Hall–Kier alpha value is -3.23. The molecule has 0 aliphatic carbocycles. The van der Waals surface area contributed by atoms with Gasteiger partial charge in [0.15, 0.2) is 0 Å². The van der Waals surface area contributed by atoms with Crippen molar-refractivity contribution in [2.45, 2.75) is 12.5 Å². The number of ether oxygens (including phenoxy) is 2. The van der Waals surface area contributed by atoms with Gasteiger partial charge in [0.05, 0.1) is 31.9 Å². The number of carbonyl (C=O) groups excluding carboxylic acids is 2. The second-order valence-corrected chi connectivity index (χ2v) is 8.09. The molecule has 1 atom stereocenters. The van der Waals surface area contributed by atoms with Crippen LogP contribution in [-0.4, -0.2) is 73.1 Å². The maximum atomic E-state index is 14.1. The third-order valence-electron chi connectivity index (χ3n) is 6.02. The number of hydrogen-bond acceptors (Lipinski definition) is 6. The van der Waals surface area contributed by atoms with Gasteiger partial charge in [0, 0.05) is 31.7 Å². The Kier molecular flexibility index (Phi) is 7.05. The summed E-state index contributed by atoms with van der Waals surface area (Å²) in [4.78, 5) is 29.7. The lowest BCUT2D eigenvalue weighted by Gasteiger charge is -2.29. The molecule has 2 aliphatic rings. The highest BCUT2D eigenvalue weighted by Gasteiger charge is 2.46. The van der Waals surface area contributed by atoms with E-state index in [0.29, 0.717) is 43.1 Å². The molecule has 2 aliphatic heterocycles. The SMILES string of the molecule is COc1cccc(/C(O)=C2\C(=O)C(=O)N(CCCN3CCOCC3)C2c2cccc(F)c2)c1. The van der Waals surface area contributed by atoms with Crippen LogP contribution in [0.4, 0.5) is 4.39 Å². The van der Waals surface area contributed by atoms with Crippen molar-refractivity contribution in [2.24, 2.45) is 0 Å². The average Bonchev–Trinajstić information content (AvgIpc) is 3.09. The Bertz CT molecular complexity index is 1060. The molecule has 0 saturated carbocycles. The number of ketones is 1. The van der Waals surface area contributed by atoms with Gasteiger partial charge >= 0.3 is 0 Å². The van der Waals surface area contributed by atoms with Crippen LogP contribution in [0.2, 0.25) is 0 Å². The molecule has 1 unspecified atom stereocenters. The van der Waals surface area contributed by atoms with Crippen molar-refractivity contribution in [1.29, 1.82) is 0 Å². The number of nitrogens with zero attached hydrogens (tertiary/aromatic N) is 2. The van der Waals surface area contributed by atoms with Crippen LogP contribution in [0.5, 0.6) is 5.75 Å². The van der Waals surface area contributed by atoms with Crippen LogP contribution < -0.4 is 4.74 Å². The van der Waals surface area contributed by atoms with Gasteiger partial charge in [-0.1, -0.05) is 24.3 Å². The molecule has 0 bridgehead atoms. The molecule has 8 heteroatoms. The lowest BCUT2D eigenvalue weighted by Crippen LogP contribution is -2.39. The molecule has 2 saturated heterocycles. The lowest BCUT2D eigenvalue weighted by atomic mass is 9.95. The summed E-state index contributed by atoms with van der Waals surface area (Å²) in [5, 5.41) is 11.1. The molecule has 2 aromatic rings. The largest absolute Gasteiger partial charge is 0.507 e. The highest BCUT2D eigenvalue weighted by atomic mass is 19.1. The highest BCUT2D eigenvalue weighted by molar-refractivity contribution is 6.46. The molecule has 1 N–H and O–H groups in total. The zero-order valence-electron chi connectivity index (χ0n) is 18.5. The van der Waals surface area contributed by atoms with Gasteiger partial charge in [0.2, 0.25) is 0 Å². The smallest absolute Gasteiger partial charge is 0.295 e. The molecule has 7 nitrogen and oxygen atoms in total. The number of benzene rings is 2. The van der Waals surface area contributed by atoms with Crippen molar-refractivity contribution in [3.05, 3.63) is 71.0 Å². The first-order valence-corrected chi connectivity index (χ1v) is 11.0. The van der Waals surface area contributed by atoms with Crippen LogP contribution in [0.15, 0.2) is 54.1 Å². The van der Waals surface area contributed by atoms with Crippen molar-refractivity contribution in [2.75, 3.05) is 46.5 Å². The molecule has 1 amide bonds. The first-order valence-electron chi connectivity index (χ1n) is 11.0. The molecular formula is C25H27FN2O5. The van der Waals surface area contributed by atoms with Crippen molar-refractivity contribution >= 4 is 17.4 Å². The Balaban J connectivity index is 1.68. The van der Waals surface area contributed by atoms with E-state index in [2.05, 4.69) is 4.90 Å². The summed E-state index contributed by atoms with van der Waals surface area (Å²) < 4.78 is 24.7. The Morgan fingerprint density at radius 2 is 1.88 bits per heavy atom. The summed E-state index contributed by atoms with van der Waals surface area (Å²) in [5.41, 5.74) is 0.734. The summed E-state index contributed by atoms with van der Waals surface area (Å²) in [6, 6.07) is 11.5. The number of carbonyl (C=O) groups is 2. The van der Waals surface area contributed by atoms with Gasteiger partial charge in [-0.05, 0) is 36.2 Å². The van der Waals surface area contributed by atoms with Gasteiger partial charge in [0.25, 0.3) is 11.7 Å². The normalized spacial score (nSPS) is 20.9. The van der Waals surface area contributed by atoms with Gasteiger partial charge in [-0.25, -0.2) is 4.39 Å². The maximum absolute atomic E-state index is 14.1. The predicted molar refractivity (Wildman–Crippen MR) is 120 cm³/mol. The molecular weight excluding hydrogens is 427 g/mol. The van der Waals surface area contributed by atoms with Crippen LogP contribution >= 0.6 is 0 Å². The van der Waals surface area contributed by atoms with Crippen LogP contribution in [0.25, 0.3) is 5.76 Å². The average molecular weight is 454 g/mol. The molecule has 0 spiro atoms. The first-order chi connectivity index (χ1) is 16.0. The standard InChI is InChI=1S/C25H27FN2O5/c1-32-20-8-3-6-18(16-20)23(29)21-22(17-5-2-7-19(26)15-17)28(25(31)24(21)30)10-4-9-27-11-13-33-14-12-27/h2-3,5-8,15-16,22,29H,4,9-14H2,1H3/b23-21+. The fourth-order valence-corrected chi connectivity index (χ4v) is 4.35. The summed E-state index contributed by atoms with van der Waals surface area (Å²) in [7, 11) is 1.50. The number of Topliss-reactive ketones (excluding diaryl/α,β-unsaturated/α-hetero) is 1. The molecule has 2 fully saturated rings. The minimum atomic E-state index is -0.878. The number of likely N-dealkylation sites (tertiary alicyclic amines) is 1.